The molecule has 2 aromatic rings. The Morgan fingerprint density at radius 1 is 1.29 bits per heavy atom. The van der Waals surface area contributed by atoms with Gasteiger partial charge in [-0.2, -0.15) is 0 Å². The van der Waals surface area contributed by atoms with Crippen molar-refractivity contribution in [2.45, 2.75) is 13.0 Å². The minimum absolute atomic E-state index is 0.279. The molecule has 0 amide bonds. The first kappa shape index (κ1) is 13.2. The van der Waals surface area contributed by atoms with Gasteiger partial charge in [0.1, 0.15) is 11.9 Å². The third kappa shape index (κ3) is 2.62. The molecule has 0 spiro atoms. The fourth-order valence-electron chi connectivity index (χ4n) is 1.53. The van der Waals surface area contributed by atoms with Gasteiger partial charge in [0.15, 0.2) is 0 Å². The molecule has 0 bridgehead atoms. The molecule has 5 heteroatoms. The van der Waals surface area contributed by atoms with Gasteiger partial charge in [0.25, 0.3) is 0 Å². The number of aliphatic hydroxyl groups is 1. The van der Waals surface area contributed by atoms with Gasteiger partial charge in [0, 0.05) is 24.3 Å². The van der Waals surface area contributed by atoms with Crippen molar-refractivity contribution in [3.05, 3.63) is 54.3 Å². The van der Waals surface area contributed by atoms with Crippen LogP contribution in [0.15, 0.2) is 33.2 Å². The molecule has 1 N–H and O–H groups in total. The van der Waals surface area contributed by atoms with E-state index in [9.17, 15) is 9.50 Å². The highest BCUT2D eigenvalue weighted by molar-refractivity contribution is 9.10. The largest absolute Gasteiger partial charge is 0.383 e. The Kier molecular flexibility index (Phi) is 4.02. The molecule has 0 aliphatic carbocycles. The van der Waals surface area contributed by atoms with Crippen molar-refractivity contribution in [3.8, 4) is 0 Å². The molecule has 1 aromatic heterocycles. The monoisotopic (exact) mass is 378 g/mol. The Balaban J connectivity index is 2.47. The lowest BCUT2D eigenvalue weighted by molar-refractivity contribution is 0.218. The van der Waals surface area contributed by atoms with E-state index in [-0.39, 0.29) is 5.56 Å². The van der Waals surface area contributed by atoms with Crippen molar-refractivity contribution in [1.29, 1.82) is 0 Å². The zero-order valence-corrected chi connectivity index (χ0v) is 12.9. The first-order valence-corrected chi connectivity index (χ1v) is 7.28. The molecule has 1 heterocycles. The molecule has 0 aliphatic heterocycles. The van der Waals surface area contributed by atoms with Gasteiger partial charge in [-0.05, 0) is 41.1 Å². The van der Waals surface area contributed by atoms with Gasteiger partial charge in [-0.3, -0.25) is 0 Å². The lowest BCUT2D eigenvalue weighted by Gasteiger charge is -2.11. The first-order chi connectivity index (χ1) is 8.00. The highest BCUT2D eigenvalue weighted by atomic mass is 79.9. The maximum Gasteiger partial charge on any atom is 0.130 e. The van der Waals surface area contributed by atoms with Crippen molar-refractivity contribution in [2.24, 2.45) is 0 Å². The number of aryl methyl sites for hydroxylation is 1. The van der Waals surface area contributed by atoms with Gasteiger partial charge < -0.3 is 5.11 Å². The number of hydrogen-bond acceptors (Lipinski definition) is 2. The van der Waals surface area contributed by atoms with Gasteiger partial charge in [-0.1, -0.05) is 22.0 Å². The van der Waals surface area contributed by atoms with E-state index < -0.39 is 11.9 Å². The summed E-state index contributed by atoms with van der Waals surface area (Å²) in [5, 5.41) is 10.2. The molecule has 0 fully saturated rings. The molecule has 0 aliphatic rings. The third-order valence-corrected chi connectivity index (χ3v) is 5.30. The zero-order chi connectivity index (χ0) is 12.6. The van der Waals surface area contributed by atoms with E-state index in [1.807, 2.05) is 13.0 Å². The second-order valence-electron chi connectivity index (χ2n) is 3.59. The minimum Gasteiger partial charge on any atom is -0.383 e. The van der Waals surface area contributed by atoms with E-state index in [0.29, 0.717) is 4.47 Å². The van der Waals surface area contributed by atoms with Crippen LogP contribution in [0.2, 0.25) is 0 Å². The summed E-state index contributed by atoms with van der Waals surface area (Å²) in [6.07, 6.45) is -0.944. The van der Waals surface area contributed by atoms with Crippen molar-refractivity contribution >= 4 is 43.2 Å². The SMILES string of the molecule is Cc1sc(C(O)c2c(F)cccc2Br)cc1Br. The fraction of sp³-hybridized carbons (Fsp3) is 0.167. The average Bonchev–Trinajstić information content (AvgIpc) is 2.59. The highest BCUT2D eigenvalue weighted by Crippen LogP contribution is 2.37. The maximum atomic E-state index is 13.7. The summed E-state index contributed by atoms with van der Waals surface area (Å²) >= 11 is 8.10. The van der Waals surface area contributed by atoms with Crippen molar-refractivity contribution in [2.75, 3.05) is 0 Å². The quantitative estimate of drug-likeness (QED) is 0.794. The molecule has 1 aromatic carbocycles. The summed E-state index contributed by atoms with van der Waals surface area (Å²) in [4.78, 5) is 1.78. The number of halogens is 3. The van der Waals surface area contributed by atoms with Gasteiger partial charge >= 0.3 is 0 Å². The van der Waals surface area contributed by atoms with Crippen LogP contribution in [0.3, 0.4) is 0 Å². The molecular weight excluding hydrogens is 371 g/mol. The predicted octanol–water partition coefficient (Wildman–Crippen LogP) is 4.80. The Hall–Kier alpha value is -0.230. The maximum absolute atomic E-state index is 13.7. The van der Waals surface area contributed by atoms with Crippen molar-refractivity contribution in [1.82, 2.24) is 0 Å². The van der Waals surface area contributed by atoms with E-state index in [4.69, 9.17) is 0 Å². The number of benzene rings is 1. The Bertz CT molecular complexity index is 514. The summed E-state index contributed by atoms with van der Waals surface area (Å²) in [7, 11) is 0. The highest BCUT2D eigenvalue weighted by Gasteiger charge is 2.20. The van der Waals surface area contributed by atoms with Gasteiger partial charge in [0.2, 0.25) is 0 Å². The van der Waals surface area contributed by atoms with Crippen LogP contribution in [-0.2, 0) is 0 Å². The lowest BCUT2D eigenvalue weighted by Crippen LogP contribution is -2.01. The van der Waals surface area contributed by atoms with Crippen LogP contribution in [0.4, 0.5) is 4.39 Å². The number of hydrogen-bond donors (Lipinski definition) is 1. The number of rotatable bonds is 2. The third-order valence-electron chi connectivity index (χ3n) is 2.42. The molecular formula is C12H9Br2FOS. The molecule has 90 valence electrons. The van der Waals surface area contributed by atoms with Crippen LogP contribution < -0.4 is 0 Å². The van der Waals surface area contributed by atoms with Crippen LogP contribution in [-0.4, -0.2) is 5.11 Å². The molecule has 17 heavy (non-hydrogen) atoms. The van der Waals surface area contributed by atoms with Gasteiger partial charge in [0.05, 0.1) is 0 Å². The topological polar surface area (TPSA) is 20.2 Å². The second kappa shape index (κ2) is 5.18. The average molecular weight is 380 g/mol. The normalized spacial score (nSPS) is 12.8. The van der Waals surface area contributed by atoms with E-state index in [1.54, 1.807) is 12.1 Å². The zero-order valence-electron chi connectivity index (χ0n) is 8.88. The van der Waals surface area contributed by atoms with Crippen LogP contribution >= 0.6 is 43.2 Å². The molecule has 0 saturated heterocycles. The summed E-state index contributed by atoms with van der Waals surface area (Å²) in [6, 6.07) is 6.49. The number of thiophene rings is 1. The van der Waals surface area contributed by atoms with Gasteiger partial charge in [-0.25, -0.2) is 4.39 Å². The molecule has 0 saturated carbocycles. The smallest absolute Gasteiger partial charge is 0.130 e. The van der Waals surface area contributed by atoms with Crippen molar-refractivity contribution in [3.63, 3.8) is 0 Å². The van der Waals surface area contributed by atoms with Crippen LogP contribution in [0.25, 0.3) is 0 Å². The summed E-state index contributed by atoms with van der Waals surface area (Å²) in [6.45, 7) is 1.95. The molecule has 0 radical (unpaired) electrons. The second-order valence-corrected chi connectivity index (χ2v) is 6.59. The lowest BCUT2D eigenvalue weighted by atomic mass is 10.1. The Morgan fingerprint density at radius 3 is 2.53 bits per heavy atom. The fourth-order valence-corrected chi connectivity index (χ4v) is 3.65. The Morgan fingerprint density at radius 2 is 2.00 bits per heavy atom. The summed E-state index contributed by atoms with van der Waals surface area (Å²) in [5.74, 6) is -0.408. The Labute approximate surface area is 120 Å². The van der Waals surface area contributed by atoms with Crippen LogP contribution in [0.1, 0.15) is 21.4 Å². The molecule has 2 rings (SSSR count). The van der Waals surface area contributed by atoms with Crippen LogP contribution in [0, 0.1) is 12.7 Å². The van der Waals surface area contributed by atoms with Crippen LogP contribution in [0.5, 0.6) is 0 Å². The van der Waals surface area contributed by atoms with E-state index in [0.717, 1.165) is 14.2 Å². The molecule has 1 atom stereocenters. The summed E-state index contributed by atoms with van der Waals surface area (Å²) < 4.78 is 15.2. The first-order valence-electron chi connectivity index (χ1n) is 4.88. The van der Waals surface area contributed by atoms with Gasteiger partial charge in [-0.15, -0.1) is 11.3 Å². The molecule has 1 unspecified atom stereocenters. The number of aliphatic hydroxyl groups excluding tert-OH is 1. The van der Waals surface area contributed by atoms with E-state index in [2.05, 4.69) is 31.9 Å². The van der Waals surface area contributed by atoms with Crippen molar-refractivity contribution < 1.29 is 9.50 Å². The molecule has 1 nitrogen and oxygen atoms in total. The standard InChI is InChI=1S/C12H9Br2FOS/c1-6-8(14)5-10(17-6)12(16)11-7(13)3-2-4-9(11)15/h2-5,12,16H,1H3. The summed E-state index contributed by atoms with van der Waals surface area (Å²) in [5.41, 5.74) is 0.279. The minimum atomic E-state index is -0.944. The van der Waals surface area contributed by atoms with E-state index >= 15 is 0 Å². The van der Waals surface area contributed by atoms with E-state index in [1.165, 1.54) is 17.4 Å². The predicted molar refractivity (Wildman–Crippen MR) is 74.9 cm³/mol.